The number of hydrogen-bond donors (Lipinski definition) is 8. The van der Waals surface area contributed by atoms with E-state index in [0.717, 1.165) is 0 Å². The zero-order chi connectivity index (χ0) is 44.5. The fraction of sp³-hybridized carbons (Fsp3) is 0.444. The fourth-order valence-corrected chi connectivity index (χ4v) is 8.27. The first-order chi connectivity index (χ1) is 29.7. The Labute approximate surface area is 359 Å². The zero-order valence-corrected chi connectivity index (χ0v) is 34.7. The number of aliphatic hydroxyl groups excluding tert-OH is 2. The van der Waals surface area contributed by atoms with Gasteiger partial charge in [-0.25, -0.2) is 0 Å². The molecule has 9 atom stereocenters. The van der Waals surface area contributed by atoms with Crippen LogP contribution in [0, 0.1) is 0 Å². The maximum absolute atomic E-state index is 14.6. The quantitative estimate of drug-likeness (QED) is 0.146. The minimum atomic E-state index is -1.61. The average molecular weight is 854 g/mol. The monoisotopic (exact) mass is 853 g/mol. The molecule has 8 N–H and O–H groups in total. The Morgan fingerprint density at radius 2 is 0.903 bits per heavy atom. The molecule has 0 aliphatic carbocycles. The number of carbonyl (C=O) groups is 7. The van der Waals surface area contributed by atoms with Crippen molar-refractivity contribution in [1.29, 1.82) is 0 Å². The highest BCUT2D eigenvalue weighted by atomic mass is 16.3. The van der Waals surface area contributed by atoms with E-state index in [2.05, 4.69) is 26.6 Å². The molecule has 3 aliphatic heterocycles. The van der Waals surface area contributed by atoms with Crippen LogP contribution >= 0.6 is 0 Å². The summed E-state index contributed by atoms with van der Waals surface area (Å²) in [5.41, 5.74) is 1.94. The minimum absolute atomic E-state index is 0.00726. The summed E-state index contributed by atoms with van der Waals surface area (Å²) in [5, 5.41) is 45.0. The van der Waals surface area contributed by atoms with E-state index in [1.54, 1.807) is 72.8 Å². The number of fused-ring (bicyclic) bond motifs is 2. The van der Waals surface area contributed by atoms with Crippen molar-refractivity contribution in [3.63, 3.8) is 0 Å². The summed E-state index contributed by atoms with van der Waals surface area (Å²) in [5.74, 6) is -5.31. The Morgan fingerprint density at radius 1 is 0.500 bits per heavy atom. The van der Waals surface area contributed by atoms with Crippen LogP contribution in [0.25, 0.3) is 0 Å². The summed E-state index contributed by atoms with van der Waals surface area (Å²) in [6.07, 6.45) is -1.85. The molecule has 6 rings (SSSR count). The number of phenolic OH excluding ortho intramolecular Hbond substituents is 1. The smallest absolute Gasteiger partial charge is 0.248 e. The molecule has 62 heavy (non-hydrogen) atoms. The van der Waals surface area contributed by atoms with Gasteiger partial charge in [0.05, 0.1) is 12.2 Å². The Kier molecular flexibility index (Phi) is 14.9. The Hall–Kier alpha value is -6.33. The third-order valence-corrected chi connectivity index (χ3v) is 11.6. The first kappa shape index (κ1) is 45.2. The van der Waals surface area contributed by atoms with E-state index < -0.39 is 95.9 Å². The molecule has 9 unspecified atom stereocenters. The summed E-state index contributed by atoms with van der Waals surface area (Å²) < 4.78 is 0. The van der Waals surface area contributed by atoms with E-state index >= 15 is 0 Å². The van der Waals surface area contributed by atoms with E-state index in [1.165, 1.54) is 35.8 Å². The number of nitrogens with one attached hydrogen (secondary N) is 5. The highest BCUT2D eigenvalue weighted by Gasteiger charge is 2.44. The van der Waals surface area contributed by atoms with Crippen LogP contribution in [0.3, 0.4) is 0 Å². The van der Waals surface area contributed by atoms with Crippen molar-refractivity contribution in [2.24, 2.45) is 0 Å². The van der Waals surface area contributed by atoms with Gasteiger partial charge < -0.3 is 51.7 Å². The summed E-state index contributed by atoms with van der Waals surface area (Å²) in [6, 6.07) is 14.6. The normalized spacial score (nSPS) is 26.8. The molecule has 0 radical (unpaired) electrons. The number of phenols is 1. The van der Waals surface area contributed by atoms with Crippen LogP contribution in [0.15, 0.2) is 84.9 Å². The largest absolute Gasteiger partial charge is 0.508 e. The molecule has 3 aliphatic rings. The summed E-state index contributed by atoms with van der Waals surface area (Å²) in [4.78, 5) is 102. The van der Waals surface area contributed by atoms with E-state index in [9.17, 15) is 48.9 Å². The number of amides is 7. The average Bonchev–Trinajstić information content (AvgIpc) is 3.96. The van der Waals surface area contributed by atoms with Gasteiger partial charge in [0, 0.05) is 32.4 Å². The van der Waals surface area contributed by atoms with Crippen molar-refractivity contribution in [2.75, 3.05) is 13.1 Å². The van der Waals surface area contributed by atoms with Crippen molar-refractivity contribution in [3.8, 4) is 5.75 Å². The third-order valence-electron chi connectivity index (χ3n) is 11.6. The van der Waals surface area contributed by atoms with Gasteiger partial charge in [0.1, 0.15) is 48.0 Å². The van der Waals surface area contributed by atoms with Gasteiger partial charge in [0.2, 0.25) is 41.4 Å². The Balaban J connectivity index is 1.42. The van der Waals surface area contributed by atoms with Gasteiger partial charge in [-0.2, -0.15) is 0 Å². The highest BCUT2D eigenvalue weighted by molar-refractivity contribution is 5.99. The lowest BCUT2D eigenvalue weighted by atomic mass is 10.0. The Morgan fingerprint density at radius 3 is 1.40 bits per heavy atom. The molecule has 0 aromatic heterocycles. The third kappa shape index (κ3) is 11.1. The lowest BCUT2D eigenvalue weighted by Gasteiger charge is -2.32. The first-order valence-electron chi connectivity index (χ1n) is 21.0. The maximum Gasteiger partial charge on any atom is 0.248 e. The number of rotatable bonds is 8. The maximum atomic E-state index is 14.6. The molecule has 0 spiro atoms. The summed E-state index contributed by atoms with van der Waals surface area (Å²) in [6.45, 7) is 2.77. The molecule has 0 bridgehead atoms. The predicted molar refractivity (Wildman–Crippen MR) is 225 cm³/mol. The summed E-state index contributed by atoms with van der Waals surface area (Å²) >= 11 is 0. The minimum Gasteiger partial charge on any atom is -0.508 e. The molecule has 17 heteroatoms. The zero-order valence-electron chi connectivity index (χ0n) is 34.7. The van der Waals surface area contributed by atoms with Crippen molar-refractivity contribution in [3.05, 3.63) is 102 Å². The molecule has 17 nitrogen and oxygen atoms in total. The second-order valence-electron chi connectivity index (χ2n) is 16.3. The van der Waals surface area contributed by atoms with E-state index in [-0.39, 0.29) is 50.9 Å². The SMILES string of the molecule is CC(O)C1NC(=O)C2CCCN2C(=O)C(Cc2ccccc2)NC(=O)C(Cc2ccccc2)NC(=O)C(Cc2ccc(O)cc2)NC(=O)C2CCCN2C(=O)C(C(C)O)NC1=O. The first-order valence-corrected chi connectivity index (χ1v) is 21.0. The molecule has 7 amide bonds. The van der Waals surface area contributed by atoms with Crippen LogP contribution < -0.4 is 26.6 Å². The molecular weight excluding hydrogens is 799 g/mol. The van der Waals surface area contributed by atoms with Gasteiger partial charge in [-0.1, -0.05) is 72.8 Å². The van der Waals surface area contributed by atoms with E-state index in [4.69, 9.17) is 0 Å². The molecular formula is C45H55N7O10. The fourth-order valence-electron chi connectivity index (χ4n) is 8.27. The molecule has 330 valence electrons. The second kappa shape index (κ2) is 20.5. The standard InChI is InChI=1S/C45H55N7O10/c1-26(53)37-43(60)50-38(27(2)54)45(62)52-22-10-15-35(52)41(58)47-33(24-30-17-19-31(55)20-18-30)39(56)46-32(23-28-11-5-3-6-12-28)40(57)48-34(25-29-13-7-4-8-14-29)44(61)51-21-9-16-36(51)42(59)49-37/h3-8,11-14,17-20,26-27,32-38,53-55H,9-10,15-16,21-25H2,1-2H3,(H,46,56)(H,47,58)(H,48,57)(H,49,59)(H,50,60). The van der Waals surface area contributed by atoms with E-state index in [1.807, 2.05) is 0 Å². The number of aromatic hydroxyl groups is 1. The summed E-state index contributed by atoms with van der Waals surface area (Å²) in [7, 11) is 0. The number of nitrogens with zero attached hydrogens (tertiary/aromatic N) is 2. The van der Waals surface area contributed by atoms with Gasteiger partial charge in [-0.15, -0.1) is 0 Å². The van der Waals surface area contributed by atoms with Crippen molar-refractivity contribution in [1.82, 2.24) is 36.4 Å². The number of carbonyl (C=O) groups excluding carboxylic acids is 7. The van der Waals surface area contributed by atoms with Crippen LogP contribution in [0.1, 0.15) is 56.2 Å². The number of hydrogen-bond acceptors (Lipinski definition) is 10. The lowest BCUT2D eigenvalue weighted by molar-refractivity contribution is -0.145. The van der Waals surface area contributed by atoms with Gasteiger partial charge in [-0.05, 0) is 68.4 Å². The Bertz CT molecular complexity index is 2080. The topological polar surface area (TPSA) is 247 Å². The molecule has 3 aromatic rings. The molecule has 3 fully saturated rings. The van der Waals surface area contributed by atoms with Crippen LogP contribution in [0.4, 0.5) is 0 Å². The van der Waals surface area contributed by atoms with E-state index in [0.29, 0.717) is 29.5 Å². The molecule has 0 saturated carbocycles. The van der Waals surface area contributed by atoms with Gasteiger partial charge in [0.15, 0.2) is 0 Å². The van der Waals surface area contributed by atoms with Crippen LogP contribution in [0.5, 0.6) is 5.75 Å². The number of aliphatic hydroxyl groups is 2. The van der Waals surface area contributed by atoms with Gasteiger partial charge in [0.25, 0.3) is 0 Å². The van der Waals surface area contributed by atoms with Crippen LogP contribution in [-0.2, 0) is 52.8 Å². The number of benzene rings is 3. The van der Waals surface area contributed by atoms with Gasteiger partial charge in [-0.3, -0.25) is 33.6 Å². The van der Waals surface area contributed by atoms with Crippen molar-refractivity contribution >= 4 is 41.4 Å². The molecule has 3 heterocycles. The predicted octanol–water partition coefficient (Wildman–Crippen LogP) is -0.399. The van der Waals surface area contributed by atoms with Crippen LogP contribution in [0.2, 0.25) is 0 Å². The van der Waals surface area contributed by atoms with Gasteiger partial charge >= 0.3 is 0 Å². The van der Waals surface area contributed by atoms with Crippen LogP contribution in [-0.4, -0.2) is 134 Å². The van der Waals surface area contributed by atoms with Crippen molar-refractivity contribution in [2.45, 2.75) is 113 Å². The second-order valence-corrected chi connectivity index (χ2v) is 16.3. The molecule has 3 saturated heterocycles. The molecule has 3 aromatic carbocycles. The highest BCUT2D eigenvalue weighted by Crippen LogP contribution is 2.23. The van der Waals surface area contributed by atoms with Crippen molar-refractivity contribution < 1.29 is 48.9 Å². The lowest BCUT2D eigenvalue weighted by Crippen LogP contribution is -2.63.